The number of nitrogens with one attached hydrogen (secondary N) is 2. The van der Waals surface area contributed by atoms with Crippen molar-refractivity contribution in [1.82, 2.24) is 20.1 Å². The van der Waals surface area contributed by atoms with E-state index in [4.69, 9.17) is 4.74 Å². The number of carbonyl (C=O) groups is 1. The summed E-state index contributed by atoms with van der Waals surface area (Å²) in [6.07, 6.45) is 1.50. The van der Waals surface area contributed by atoms with Crippen LogP contribution >= 0.6 is 0 Å². The third kappa shape index (κ3) is 5.17. The van der Waals surface area contributed by atoms with Gasteiger partial charge in [0, 0.05) is 13.1 Å². The smallest absolute Gasteiger partial charge is 0.340 e. The molecular weight excluding hydrogens is 308 g/mol. The number of benzene rings is 1. The average Bonchev–Trinajstić information content (AvgIpc) is 2.55. The number of hydrogen-bond acceptors (Lipinski definition) is 8. The second kappa shape index (κ2) is 8.78. The Morgan fingerprint density at radius 1 is 1.29 bits per heavy atom. The Labute approximate surface area is 141 Å². The molecule has 0 atom stereocenters. The van der Waals surface area contributed by atoms with E-state index in [2.05, 4.69) is 30.7 Å². The summed E-state index contributed by atoms with van der Waals surface area (Å²) in [6, 6.07) is 7.10. The molecule has 1 aromatic heterocycles. The molecule has 8 heteroatoms. The van der Waals surface area contributed by atoms with Crippen molar-refractivity contribution in [1.29, 1.82) is 0 Å². The number of esters is 1. The predicted octanol–water partition coefficient (Wildman–Crippen LogP) is 1.77. The molecule has 1 aromatic carbocycles. The van der Waals surface area contributed by atoms with Crippen LogP contribution in [0.3, 0.4) is 0 Å². The number of aromatic nitrogens is 3. The Balaban J connectivity index is 2.10. The van der Waals surface area contributed by atoms with Crippen LogP contribution in [-0.4, -0.2) is 59.8 Å². The van der Waals surface area contributed by atoms with Crippen LogP contribution in [0.4, 0.5) is 17.5 Å². The molecule has 0 bridgehead atoms. The summed E-state index contributed by atoms with van der Waals surface area (Å²) in [4.78, 5) is 18.4. The molecule has 2 rings (SSSR count). The molecule has 0 saturated heterocycles. The van der Waals surface area contributed by atoms with E-state index < -0.39 is 0 Å². The zero-order valence-electron chi connectivity index (χ0n) is 14.1. The van der Waals surface area contributed by atoms with Gasteiger partial charge in [-0.3, -0.25) is 0 Å². The lowest BCUT2D eigenvalue weighted by Gasteiger charge is -2.12. The number of likely N-dealkylation sites (N-methyl/N-ethyl adjacent to an activating group) is 1. The normalized spacial score (nSPS) is 10.5. The first-order valence-corrected chi connectivity index (χ1v) is 7.71. The molecular formula is C16H22N6O2. The highest BCUT2D eigenvalue weighted by Gasteiger charge is 2.12. The van der Waals surface area contributed by atoms with E-state index in [1.807, 2.05) is 20.2 Å². The average molecular weight is 330 g/mol. The molecule has 0 aliphatic rings. The van der Waals surface area contributed by atoms with E-state index in [9.17, 15) is 4.79 Å². The Hall–Kier alpha value is -2.74. The summed E-state index contributed by atoms with van der Waals surface area (Å²) in [7, 11) is 3.98. The van der Waals surface area contributed by atoms with Crippen LogP contribution in [0.1, 0.15) is 17.3 Å². The lowest BCUT2D eigenvalue weighted by molar-refractivity contribution is 0.0527. The Morgan fingerprint density at radius 2 is 2.08 bits per heavy atom. The van der Waals surface area contributed by atoms with Crippen molar-refractivity contribution in [2.45, 2.75) is 6.92 Å². The van der Waals surface area contributed by atoms with Crippen molar-refractivity contribution in [2.75, 3.05) is 44.4 Å². The SMILES string of the molecule is CCOC(=O)c1ccccc1Nc1cnnc(NCCN(C)C)n1. The van der Waals surface area contributed by atoms with Gasteiger partial charge in [0.05, 0.1) is 24.1 Å². The molecule has 128 valence electrons. The molecule has 0 radical (unpaired) electrons. The van der Waals surface area contributed by atoms with Gasteiger partial charge in [0.15, 0.2) is 5.82 Å². The molecule has 24 heavy (non-hydrogen) atoms. The van der Waals surface area contributed by atoms with Gasteiger partial charge in [0.1, 0.15) is 0 Å². The maximum absolute atomic E-state index is 12.0. The number of para-hydroxylation sites is 1. The summed E-state index contributed by atoms with van der Waals surface area (Å²) in [6.45, 7) is 3.65. The molecule has 0 fully saturated rings. The quantitative estimate of drug-likeness (QED) is 0.708. The zero-order valence-corrected chi connectivity index (χ0v) is 14.1. The summed E-state index contributed by atoms with van der Waals surface area (Å²) < 4.78 is 5.06. The fraction of sp³-hybridized carbons (Fsp3) is 0.375. The molecule has 0 amide bonds. The Morgan fingerprint density at radius 3 is 2.83 bits per heavy atom. The molecule has 0 saturated carbocycles. The number of anilines is 3. The van der Waals surface area contributed by atoms with Crippen molar-refractivity contribution in [3.05, 3.63) is 36.0 Å². The van der Waals surface area contributed by atoms with Crippen LogP contribution in [0.15, 0.2) is 30.5 Å². The Kier molecular flexibility index (Phi) is 6.44. The van der Waals surface area contributed by atoms with Crippen molar-refractivity contribution < 1.29 is 9.53 Å². The standard InChI is InChI=1S/C16H22N6O2/c1-4-24-15(23)12-7-5-6-8-13(12)19-14-11-18-21-16(20-14)17-9-10-22(2)3/h5-8,11H,4,9-10H2,1-3H3,(H2,17,19,20,21). The van der Waals surface area contributed by atoms with E-state index in [0.717, 1.165) is 6.54 Å². The van der Waals surface area contributed by atoms with E-state index in [1.54, 1.807) is 25.1 Å². The largest absolute Gasteiger partial charge is 0.462 e. The first kappa shape index (κ1) is 17.6. The summed E-state index contributed by atoms with van der Waals surface area (Å²) >= 11 is 0. The lowest BCUT2D eigenvalue weighted by Crippen LogP contribution is -2.21. The van der Waals surface area contributed by atoms with Crippen LogP contribution in [0.2, 0.25) is 0 Å². The number of rotatable bonds is 8. The zero-order chi connectivity index (χ0) is 17.4. The van der Waals surface area contributed by atoms with E-state index >= 15 is 0 Å². The van der Waals surface area contributed by atoms with Gasteiger partial charge in [-0.2, -0.15) is 10.1 Å². The van der Waals surface area contributed by atoms with Crippen LogP contribution in [0.5, 0.6) is 0 Å². The van der Waals surface area contributed by atoms with E-state index in [1.165, 1.54) is 6.20 Å². The van der Waals surface area contributed by atoms with Crippen LogP contribution in [-0.2, 0) is 4.74 Å². The van der Waals surface area contributed by atoms with Gasteiger partial charge < -0.3 is 20.3 Å². The topological polar surface area (TPSA) is 92.3 Å². The van der Waals surface area contributed by atoms with Gasteiger partial charge in [-0.25, -0.2) is 4.79 Å². The molecule has 0 aliphatic heterocycles. The minimum atomic E-state index is -0.382. The molecule has 8 nitrogen and oxygen atoms in total. The third-order valence-corrected chi connectivity index (χ3v) is 3.09. The monoisotopic (exact) mass is 330 g/mol. The minimum Gasteiger partial charge on any atom is -0.462 e. The maximum atomic E-state index is 12.0. The molecule has 0 spiro atoms. The van der Waals surface area contributed by atoms with E-state index in [0.29, 0.717) is 36.2 Å². The van der Waals surface area contributed by atoms with Crippen molar-refractivity contribution in [3.8, 4) is 0 Å². The number of ether oxygens (including phenoxy) is 1. The molecule has 2 aromatic rings. The number of nitrogens with zero attached hydrogens (tertiary/aromatic N) is 4. The van der Waals surface area contributed by atoms with Crippen molar-refractivity contribution in [3.63, 3.8) is 0 Å². The van der Waals surface area contributed by atoms with Gasteiger partial charge in [-0.15, -0.1) is 5.10 Å². The highest BCUT2D eigenvalue weighted by Crippen LogP contribution is 2.20. The first-order valence-electron chi connectivity index (χ1n) is 7.71. The molecule has 2 N–H and O–H groups in total. The summed E-state index contributed by atoms with van der Waals surface area (Å²) in [5.41, 5.74) is 1.05. The predicted molar refractivity (Wildman–Crippen MR) is 92.6 cm³/mol. The van der Waals surface area contributed by atoms with Crippen LogP contribution in [0.25, 0.3) is 0 Å². The summed E-state index contributed by atoms with van der Waals surface area (Å²) in [5, 5.41) is 14.1. The van der Waals surface area contributed by atoms with Crippen molar-refractivity contribution >= 4 is 23.4 Å². The molecule has 0 unspecified atom stereocenters. The fourth-order valence-electron chi connectivity index (χ4n) is 1.95. The number of carbonyl (C=O) groups excluding carboxylic acids is 1. The maximum Gasteiger partial charge on any atom is 0.340 e. The van der Waals surface area contributed by atoms with Gasteiger partial charge in [0.2, 0.25) is 5.95 Å². The molecule has 1 heterocycles. The third-order valence-electron chi connectivity index (χ3n) is 3.09. The fourth-order valence-corrected chi connectivity index (χ4v) is 1.95. The van der Waals surface area contributed by atoms with Gasteiger partial charge >= 0.3 is 5.97 Å². The van der Waals surface area contributed by atoms with Gasteiger partial charge in [0.25, 0.3) is 0 Å². The second-order valence-electron chi connectivity index (χ2n) is 5.29. The van der Waals surface area contributed by atoms with E-state index in [-0.39, 0.29) is 5.97 Å². The van der Waals surface area contributed by atoms with Crippen LogP contribution in [0, 0.1) is 0 Å². The van der Waals surface area contributed by atoms with Crippen LogP contribution < -0.4 is 10.6 Å². The second-order valence-corrected chi connectivity index (χ2v) is 5.29. The first-order chi connectivity index (χ1) is 11.6. The lowest BCUT2D eigenvalue weighted by atomic mass is 10.2. The van der Waals surface area contributed by atoms with Crippen molar-refractivity contribution in [2.24, 2.45) is 0 Å². The molecule has 0 aliphatic carbocycles. The number of hydrogen-bond donors (Lipinski definition) is 2. The highest BCUT2D eigenvalue weighted by atomic mass is 16.5. The van der Waals surface area contributed by atoms with Gasteiger partial charge in [-0.05, 0) is 33.2 Å². The Bertz CT molecular complexity index is 677. The van der Waals surface area contributed by atoms with Gasteiger partial charge in [-0.1, -0.05) is 12.1 Å². The summed E-state index contributed by atoms with van der Waals surface area (Å²) in [5.74, 6) is 0.538. The highest BCUT2D eigenvalue weighted by molar-refractivity contribution is 5.96. The minimum absolute atomic E-state index is 0.322.